The molecule has 2 rings (SSSR count). The van der Waals surface area contributed by atoms with E-state index in [2.05, 4.69) is 10.3 Å². The first-order valence-corrected chi connectivity index (χ1v) is 7.59. The molecule has 0 saturated carbocycles. The molecule has 0 bridgehead atoms. The number of pyridine rings is 1. The number of hydrogen-bond donors (Lipinski definition) is 2. The van der Waals surface area contributed by atoms with Crippen molar-refractivity contribution < 1.29 is 13.2 Å². The Bertz CT molecular complexity index is 740. The molecule has 0 aliphatic heterocycles. The quantitative estimate of drug-likeness (QED) is 0.888. The Morgan fingerprint density at radius 1 is 1.20 bits per heavy atom. The fourth-order valence-electron chi connectivity index (χ4n) is 1.56. The van der Waals surface area contributed by atoms with Crippen molar-refractivity contribution >= 4 is 27.2 Å². The second kappa shape index (κ2) is 5.30. The number of benzene rings is 1. The summed E-state index contributed by atoms with van der Waals surface area (Å²) in [5.74, 6) is -0.139. The maximum absolute atomic E-state index is 12.0. The Kier molecular flexibility index (Phi) is 3.71. The third kappa shape index (κ3) is 3.12. The molecule has 0 radical (unpaired) electrons. The molecule has 0 aliphatic carbocycles. The summed E-state index contributed by atoms with van der Waals surface area (Å²) in [5.41, 5.74) is 6.35. The summed E-state index contributed by atoms with van der Waals surface area (Å²) in [7, 11) is -3.27. The number of sulfone groups is 1. The van der Waals surface area contributed by atoms with Crippen molar-refractivity contribution in [3.63, 3.8) is 0 Å². The smallest absolute Gasteiger partial charge is 0.256 e. The van der Waals surface area contributed by atoms with E-state index < -0.39 is 15.7 Å². The normalized spacial score (nSPS) is 11.1. The van der Waals surface area contributed by atoms with E-state index in [0.29, 0.717) is 11.3 Å². The summed E-state index contributed by atoms with van der Waals surface area (Å²) >= 11 is 0. The molecular weight excluding hydrogens is 278 g/mol. The summed E-state index contributed by atoms with van der Waals surface area (Å²) in [5, 5.41) is 2.56. The van der Waals surface area contributed by atoms with E-state index in [4.69, 9.17) is 5.73 Å². The molecule has 0 fully saturated rings. The Morgan fingerprint density at radius 3 is 2.40 bits per heavy atom. The predicted molar refractivity (Wildman–Crippen MR) is 76.2 cm³/mol. The minimum absolute atomic E-state index is 0.159. The number of anilines is 2. The van der Waals surface area contributed by atoms with Gasteiger partial charge in [0.1, 0.15) is 0 Å². The molecular formula is C13H13N3O3S. The number of rotatable bonds is 3. The average molecular weight is 291 g/mol. The monoisotopic (exact) mass is 291 g/mol. The van der Waals surface area contributed by atoms with Gasteiger partial charge in [-0.1, -0.05) is 0 Å². The van der Waals surface area contributed by atoms with Gasteiger partial charge in [0.25, 0.3) is 5.91 Å². The summed E-state index contributed by atoms with van der Waals surface area (Å²) in [6.45, 7) is 0. The molecule has 0 spiro atoms. The molecule has 0 saturated heterocycles. The first-order valence-electron chi connectivity index (χ1n) is 5.70. The van der Waals surface area contributed by atoms with Crippen molar-refractivity contribution in [2.75, 3.05) is 17.3 Å². The lowest BCUT2D eigenvalue weighted by molar-refractivity contribution is 0.102. The minimum atomic E-state index is -3.27. The van der Waals surface area contributed by atoms with Crippen molar-refractivity contribution in [3.8, 4) is 0 Å². The van der Waals surface area contributed by atoms with E-state index in [1.165, 1.54) is 30.5 Å². The highest BCUT2D eigenvalue weighted by Gasteiger charge is 2.11. The molecule has 3 N–H and O–H groups in total. The van der Waals surface area contributed by atoms with Crippen LogP contribution in [0, 0.1) is 0 Å². The van der Waals surface area contributed by atoms with Crippen LogP contribution in [0.5, 0.6) is 0 Å². The molecule has 1 aromatic heterocycles. The van der Waals surface area contributed by atoms with Crippen LogP contribution in [0.25, 0.3) is 0 Å². The molecule has 1 heterocycles. The molecule has 6 nitrogen and oxygen atoms in total. The van der Waals surface area contributed by atoms with Crippen molar-refractivity contribution in [3.05, 3.63) is 48.2 Å². The SMILES string of the molecule is CS(=O)(=O)c1ccc(C(=O)Nc2ncccc2N)cc1. The van der Waals surface area contributed by atoms with Gasteiger partial charge in [-0.05, 0) is 36.4 Å². The van der Waals surface area contributed by atoms with Crippen molar-refractivity contribution in [1.29, 1.82) is 0 Å². The predicted octanol–water partition coefficient (Wildman–Crippen LogP) is 1.32. The first-order chi connectivity index (χ1) is 9.38. The lowest BCUT2D eigenvalue weighted by Crippen LogP contribution is -2.14. The highest BCUT2D eigenvalue weighted by molar-refractivity contribution is 7.90. The van der Waals surface area contributed by atoms with Gasteiger partial charge in [-0.15, -0.1) is 0 Å². The van der Waals surface area contributed by atoms with Gasteiger partial charge in [0.05, 0.1) is 10.6 Å². The fourth-order valence-corrected chi connectivity index (χ4v) is 2.19. The standard InChI is InChI=1S/C13H13N3O3S/c1-20(18,19)10-6-4-9(5-7-10)13(17)16-12-11(14)3-2-8-15-12/h2-8H,14H2,1H3,(H,15,16,17). The van der Waals surface area contributed by atoms with Crippen LogP contribution in [0.2, 0.25) is 0 Å². The van der Waals surface area contributed by atoms with Gasteiger partial charge in [0, 0.05) is 18.0 Å². The summed E-state index contributed by atoms with van der Waals surface area (Å²) < 4.78 is 22.6. The Balaban J connectivity index is 2.20. The van der Waals surface area contributed by atoms with Crippen LogP contribution in [0.4, 0.5) is 11.5 Å². The molecule has 0 unspecified atom stereocenters. The fraction of sp³-hybridized carbons (Fsp3) is 0.0769. The van der Waals surface area contributed by atoms with Crippen molar-refractivity contribution in [2.45, 2.75) is 4.90 Å². The van der Waals surface area contributed by atoms with E-state index in [9.17, 15) is 13.2 Å². The van der Waals surface area contributed by atoms with Crippen molar-refractivity contribution in [2.24, 2.45) is 0 Å². The number of nitrogen functional groups attached to an aromatic ring is 1. The summed E-state index contributed by atoms with van der Waals surface area (Å²) in [4.78, 5) is 16.1. The number of carbonyl (C=O) groups excluding carboxylic acids is 1. The van der Waals surface area contributed by atoms with Crippen LogP contribution in [0.3, 0.4) is 0 Å². The maximum atomic E-state index is 12.0. The number of hydrogen-bond acceptors (Lipinski definition) is 5. The number of amides is 1. The molecule has 0 atom stereocenters. The second-order valence-corrected chi connectivity index (χ2v) is 6.21. The van der Waals surface area contributed by atoms with Crippen LogP contribution in [-0.4, -0.2) is 25.6 Å². The number of aromatic nitrogens is 1. The lowest BCUT2D eigenvalue weighted by Gasteiger charge is -2.07. The first kappa shape index (κ1) is 14.0. The third-order valence-electron chi connectivity index (χ3n) is 2.62. The molecule has 2 aromatic rings. The lowest BCUT2D eigenvalue weighted by atomic mass is 10.2. The number of nitrogens with two attached hydrogens (primary N) is 1. The number of nitrogens with one attached hydrogen (secondary N) is 1. The molecule has 104 valence electrons. The zero-order valence-corrected chi connectivity index (χ0v) is 11.5. The number of nitrogens with zero attached hydrogens (tertiary/aromatic N) is 1. The van der Waals surface area contributed by atoms with Crippen LogP contribution >= 0.6 is 0 Å². The van der Waals surface area contributed by atoms with Gasteiger partial charge in [0.2, 0.25) is 0 Å². The van der Waals surface area contributed by atoms with Crippen LogP contribution in [0.1, 0.15) is 10.4 Å². The topological polar surface area (TPSA) is 102 Å². The largest absolute Gasteiger partial charge is 0.396 e. The molecule has 0 aliphatic rings. The van der Waals surface area contributed by atoms with E-state index in [1.54, 1.807) is 12.1 Å². The summed E-state index contributed by atoms with van der Waals surface area (Å²) in [6.07, 6.45) is 2.62. The Labute approximate surface area is 116 Å². The van der Waals surface area contributed by atoms with Crippen LogP contribution in [-0.2, 0) is 9.84 Å². The van der Waals surface area contributed by atoms with E-state index in [-0.39, 0.29) is 10.7 Å². The van der Waals surface area contributed by atoms with Gasteiger partial charge < -0.3 is 11.1 Å². The zero-order valence-electron chi connectivity index (χ0n) is 10.7. The van der Waals surface area contributed by atoms with E-state index in [1.807, 2.05) is 0 Å². The van der Waals surface area contributed by atoms with Crippen LogP contribution < -0.4 is 11.1 Å². The zero-order chi connectivity index (χ0) is 14.8. The van der Waals surface area contributed by atoms with Gasteiger partial charge in [-0.3, -0.25) is 4.79 Å². The third-order valence-corrected chi connectivity index (χ3v) is 3.74. The molecule has 20 heavy (non-hydrogen) atoms. The van der Waals surface area contributed by atoms with Gasteiger partial charge in [-0.2, -0.15) is 0 Å². The Hall–Kier alpha value is -2.41. The number of carbonyl (C=O) groups is 1. The second-order valence-electron chi connectivity index (χ2n) is 4.19. The molecule has 7 heteroatoms. The highest BCUT2D eigenvalue weighted by atomic mass is 32.2. The van der Waals surface area contributed by atoms with E-state index in [0.717, 1.165) is 6.26 Å². The molecule has 1 amide bonds. The van der Waals surface area contributed by atoms with Gasteiger partial charge in [0.15, 0.2) is 15.7 Å². The van der Waals surface area contributed by atoms with Gasteiger partial charge in [-0.25, -0.2) is 13.4 Å². The average Bonchev–Trinajstić information content (AvgIpc) is 2.40. The molecule has 1 aromatic carbocycles. The maximum Gasteiger partial charge on any atom is 0.256 e. The Morgan fingerprint density at radius 2 is 1.85 bits per heavy atom. The van der Waals surface area contributed by atoms with Crippen molar-refractivity contribution in [1.82, 2.24) is 4.98 Å². The highest BCUT2D eigenvalue weighted by Crippen LogP contribution is 2.15. The minimum Gasteiger partial charge on any atom is -0.396 e. The van der Waals surface area contributed by atoms with Crippen LogP contribution in [0.15, 0.2) is 47.5 Å². The van der Waals surface area contributed by atoms with Gasteiger partial charge >= 0.3 is 0 Å². The summed E-state index contributed by atoms with van der Waals surface area (Å²) in [6, 6.07) is 8.91. The van der Waals surface area contributed by atoms with E-state index >= 15 is 0 Å².